The van der Waals surface area contributed by atoms with Crippen molar-refractivity contribution in [3.8, 4) is 0 Å². The molecule has 0 aliphatic carbocycles. The first-order valence-electron chi connectivity index (χ1n) is 7.51. The Kier molecular flexibility index (Phi) is 6.36. The SMILES string of the molecule is O=C(/C=C/c1cccc(C(F)(F)F)c1)NNC(=O)C(=O)NCc1ccco1. The van der Waals surface area contributed by atoms with Crippen LogP contribution >= 0.6 is 0 Å². The van der Waals surface area contributed by atoms with Crippen molar-refractivity contribution in [3.63, 3.8) is 0 Å². The highest BCUT2D eigenvalue weighted by Gasteiger charge is 2.30. The molecule has 2 aromatic rings. The van der Waals surface area contributed by atoms with E-state index in [1.54, 1.807) is 12.1 Å². The lowest BCUT2D eigenvalue weighted by Gasteiger charge is -2.07. The Hall–Kier alpha value is -3.56. The Morgan fingerprint density at radius 1 is 1.04 bits per heavy atom. The fraction of sp³-hybridized carbons (Fsp3) is 0.118. The number of rotatable bonds is 4. The van der Waals surface area contributed by atoms with Gasteiger partial charge in [-0.3, -0.25) is 25.2 Å². The molecule has 3 N–H and O–H groups in total. The Morgan fingerprint density at radius 3 is 2.48 bits per heavy atom. The molecule has 0 aliphatic rings. The molecule has 2 rings (SSSR count). The van der Waals surface area contributed by atoms with Gasteiger partial charge in [-0.15, -0.1) is 0 Å². The predicted octanol–water partition coefficient (Wildman–Crippen LogP) is 1.78. The summed E-state index contributed by atoms with van der Waals surface area (Å²) in [5.41, 5.74) is 3.10. The number of benzene rings is 1. The topological polar surface area (TPSA) is 100 Å². The third kappa shape index (κ3) is 6.34. The average Bonchev–Trinajstić information content (AvgIpc) is 3.15. The van der Waals surface area contributed by atoms with Crippen molar-refractivity contribution < 1.29 is 32.0 Å². The summed E-state index contributed by atoms with van der Waals surface area (Å²) in [6, 6.07) is 7.55. The number of carbonyl (C=O) groups is 3. The van der Waals surface area contributed by atoms with Gasteiger partial charge in [-0.1, -0.05) is 12.1 Å². The van der Waals surface area contributed by atoms with E-state index in [0.717, 1.165) is 24.3 Å². The molecule has 3 amide bonds. The second-order valence-electron chi connectivity index (χ2n) is 5.16. The standard InChI is InChI=1S/C17H14F3N3O4/c18-17(19,20)12-4-1-3-11(9-12)6-7-14(24)22-23-16(26)15(25)21-10-13-5-2-8-27-13/h1-9H,10H2,(H,21,25)(H,22,24)(H,23,26)/b7-6+. The van der Waals surface area contributed by atoms with Gasteiger partial charge in [0.2, 0.25) is 0 Å². The summed E-state index contributed by atoms with van der Waals surface area (Å²) in [7, 11) is 0. The van der Waals surface area contributed by atoms with Crippen molar-refractivity contribution in [2.45, 2.75) is 12.7 Å². The normalized spacial score (nSPS) is 11.2. The Bertz CT molecular complexity index is 845. The minimum Gasteiger partial charge on any atom is -0.467 e. The second kappa shape index (κ2) is 8.70. The molecule has 0 aliphatic heterocycles. The number of carbonyl (C=O) groups excluding carboxylic acids is 3. The van der Waals surface area contributed by atoms with Crippen LogP contribution in [0.1, 0.15) is 16.9 Å². The molecule has 0 saturated carbocycles. The predicted molar refractivity (Wildman–Crippen MR) is 87.3 cm³/mol. The number of hydrogen-bond donors (Lipinski definition) is 3. The number of hydrogen-bond acceptors (Lipinski definition) is 4. The highest BCUT2D eigenvalue weighted by Crippen LogP contribution is 2.29. The second-order valence-corrected chi connectivity index (χ2v) is 5.16. The average molecular weight is 381 g/mol. The summed E-state index contributed by atoms with van der Waals surface area (Å²) < 4.78 is 42.8. The van der Waals surface area contributed by atoms with Crippen LogP contribution in [0.25, 0.3) is 6.08 Å². The van der Waals surface area contributed by atoms with Gasteiger partial charge in [0.1, 0.15) is 5.76 Å². The molecule has 0 saturated heterocycles. The monoisotopic (exact) mass is 381 g/mol. The molecular weight excluding hydrogens is 367 g/mol. The zero-order chi connectivity index (χ0) is 19.9. The Labute approximate surface area is 151 Å². The van der Waals surface area contributed by atoms with Crippen LogP contribution in [-0.4, -0.2) is 17.7 Å². The van der Waals surface area contributed by atoms with E-state index in [2.05, 4.69) is 5.32 Å². The van der Waals surface area contributed by atoms with Crippen LogP contribution < -0.4 is 16.2 Å². The minimum absolute atomic E-state index is 0.0113. The smallest absolute Gasteiger partial charge is 0.416 e. The largest absolute Gasteiger partial charge is 0.467 e. The lowest BCUT2D eigenvalue weighted by Crippen LogP contribution is -2.47. The van der Waals surface area contributed by atoms with E-state index in [0.29, 0.717) is 5.76 Å². The van der Waals surface area contributed by atoms with Crippen LogP contribution in [0.5, 0.6) is 0 Å². The zero-order valence-electron chi connectivity index (χ0n) is 13.7. The molecule has 0 fully saturated rings. The van der Waals surface area contributed by atoms with E-state index in [9.17, 15) is 27.6 Å². The molecule has 1 heterocycles. The first-order valence-corrected chi connectivity index (χ1v) is 7.51. The maximum atomic E-state index is 12.6. The molecular formula is C17H14F3N3O4. The molecule has 0 bridgehead atoms. The van der Waals surface area contributed by atoms with Crippen LogP contribution in [0.2, 0.25) is 0 Å². The van der Waals surface area contributed by atoms with Crippen molar-refractivity contribution >= 4 is 23.8 Å². The van der Waals surface area contributed by atoms with E-state index in [1.807, 2.05) is 10.9 Å². The van der Waals surface area contributed by atoms with Crippen LogP contribution in [0.3, 0.4) is 0 Å². The number of hydrazine groups is 1. The number of alkyl halides is 3. The van der Waals surface area contributed by atoms with E-state index in [-0.39, 0.29) is 12.1 Å². The number of amides is 3. The lowest BCUT2D eigenvalue weighted by molar-refractivity contribution is -0.140. The fourth-order valence-electron chi connectivity index (χ4n) is 1.87. The van der Waals surface area contributed by atoms with Gasteiger partial charge < -0.3 is 9.73 Å². The maximum absolute atomic E-state index is 12.6. The third-order valence-corrected chi connectivity index (χ3v) is 3.15. The van der Waals surface area contributed by atoms with Gasteiger partial charge in [-0.2, -0.15) is 13.2 Å². The molecule has 7 nitrogen and oxygen atoms in total. The van der Waals surface area contributed by atoms with E-state index < -0.39 is 29.5 Å². The van der Waals surface area contributed by atoms with Gasteiger partial charge in [0.25, 0.3) is 5.91 Å². The highest BCUT2D eigenvalue weighted by atomic mass is 19.4. The van der Waals surface area contributed by atoms with Crippen molar-refractivity contribution in [3.05, 3.63) is 65.6 Å². The van der Waals surface area contributed by atoms with Crippen molar-refractivity contribution in [1.82, 2.24) is 16.2 Å². The molecule has 27 heavy (non-hydrogen) atoms. The van der Waals surface area contributed by atoms with Crippen molar-refractivity contribution in [2.75, 3.05) is 0 Å². The van der Waals surface area contributed by atoms with Gasteiger partial charge >= 0.3 is 18.0 Å². The first-order chi connectivity index (χ1) is 12.8. The van der Waals surface area contributed by atoms with Gasteiger partial charge in [-0.05, 0) is 35.9 Å². The first kappa shape index (κ1) is 19.8. The van der Waals surface area contributed by atoms with Gasteiger partial charge in [0.05, 0.1) is 18.4 Å². The molecule has 0 unspecified atom stereocenters. The van der Waals surface area contributed by atoms with Crippen molar-refractivity contribution in [1.29, 1.82) is 0 Å². The zero-order valence-corrected chi connectivity index (χ0v) is 13.7. The van der Waals surface area contributed by atoms with Crippen LogP contribution in [-0.2, 0) is 27.1 Å². The number of nitrogens with one attached hydrogen (secondary N) is 3. The summed E-state index contributed by atoms with van der Waals surface area (Å²) in [5.74, 6) is -2.53. The van der Waals surface area contributed by atoms with Crippen LogP contribution in [0.15, 0.2) is 53.2 Å². The van der Waals surface area contributed by atoms with E-state index in [1.165, 1.54) is 18.4 Å². The summed E-state index contributed by atoms with van der Waals surface area (Å²) in [6.07, 6.45) is -1.05. The molecule has 1 aromatic heterocycles. The van der Waals surface area contributed by atoms with E-state index in [4.69, 9.17) is 4.42 Å². The fourth-order valence-corrected chi connectivity index (χ4v) is 1.87. The maximum Gasteiger partial charge on any atom is 0.416 e. The Balaban J connectivity index is 1.80. The lowest BCUT2D eigenvalue weighted by atomic mass is 10.1. The molecule has 0 radical (unpaired) electrons. The van der Waals surface area contributed by atoms with Gasteiger partial charge in [0, 0.05) is 6.08 Å². The van der Waals surface area contributed by atoms with Crippen LogP contribution in [0, 0.1) is 0 Å². The number of furan rings is 1. The molecule has 1 aromatic carbocycles. The Morgan fingerprint density at radius 2 is 1.81 bits per heavy atom. The summed E-state index contributed by atoms with van der Waals surface area (Å²) >= 11 is 0. The molecule has 0 atom stereocenters. The van der Waals surface area contributed by atoms with E-state index >= 15 is 0 Å². The minimum atomic E-state index is -4.50. The summed E-state index contributed by atoms with van der Waals surface area (Å²) in [5, 5.41) is 2.27. The summed E-state index contributed by atoms with van der Waals surface area (Å²) in [6.45, 7) is -0.0113. The quantitative estimate of drug-likeness (QED) is 0.427. The summed E-state index contributed by atoms with van der Waals surface area (Å²) in [4.78, 5) is 34.6. The highest BCUT2D eigenvalue weighted by molar-refractivity contribution is 6.35. The number of halogens is 3. The molecule has 0 spiro atoms. The third-order valence-electron chi connectivity index (χ3n) is 3.15. The molecule has 142 valence electrons. The van der Waals surface area contributed by atoms with Crippen LogP contribution in [0.4, 0.5) is 13.2 Å². The van der Waals surface area contributed by atoms with Crippen molar-refractivity contribution in [2.24, 2.45) is 0 Å². The van der Waals surface area contributed by atoms with Gasteiger partial charge in [0.15, 0.2) is 0 Å². The molecule has 10 heteroatoms. The van der Waals surface area contributed by atoms with Gasteiger partial charge in [-0.25, -0.2) is 0 Å².